The van der Waals surface area contributed by atoms with E-state index >= 15 is 0 Å². The number of hydrogen-bond acceptors (Lipinski definition) is 2. The molecule has 1 heterocycles. The van der Waals surface area contributed by atoms with Gasteiger partial charge >= 0.3 is 0 Å². The van der Waals surface area contributed by atoms with Crippen LogP contribution in [0.15, 0.2) is 42.6 Å². The average Bonchev–Trinajstić information content (AvgIpc) is 2.58. The number of unbranched alkanes of at least 4 members (excludes halogenated alkanes) is 4. The normalized spacial score (nSPS) is 10.7. The number of hydrogen-bond donors (Lipinski definition) is 1. The Morgan fingerprint density at radius 3 is 1.91 bits per heavy atom. The van der Waals surface area contributed by atoms with Crippen LogP contribution in [0.1, 0.15) is 63.5 Å². The number of nitrogens with one attached hydrogen (secondary N) is 1. The van der Waals surface area contributed by atoms with E-state index in [2.05, 4.69) is 60.5 Å². The third kappa shape index (κ3) is 6.43. The fraction of sp³-hybridized carbons (Fsp3) is 0.476. The molecule has 0 amide bonds. The molecular formula is C21H30N2. The smallest absolute Gasteiger partial charge is 0.130 e. The van der Waals surface area contributed by atoms with E-state index < -0.39 is 0 Å². The molecule has 2 aromatic rings. The summed E-state index contributed by atoms with van der Waals surface area (Å²) < 4.78 is 0. The Hall–Kier alpha value is -1.83. The van der Waals surface area contributed by atoms with E-state index in [-0.39, 0.29) is 0 Å². The average molecular weight is 310 g/mol. The molecule has 0 fully saturated rings. The summed E-state index contributed by atoms with van der Waals surface area (Å²) in [5, 5.41) is 3.38. The summed E-state index contributed by atoms with van der Waals surface area (Å²) >= 11 is 0. The van der Waals surface area contributed by atoms with Crippen molar-refractivity contribution in [2.45, 2.75) is 65.2 Å². The van der Waals surface area contributed by atoms with Gasteiger partial charge in [-0.2, -0.15) is 0 Å². The lowest BCUT2D eigenvalue weighted by Gasteiger charge is -2.08. The quantitative estimate of drug-likeness (QED) is 0.521. The summed E-state index contributed by atoms with van der Waals surface area (Å²) in [6, 6.07) is 13.0. The number of benzene rings is 1. The SMILES string of the molecule is CCCCCc1ccc(Nc2ccc(CCCCC)cn2)cc1. The van der Waals surface area contributed by atoms with Gasteiger partial charge in [0.25, 0.3) is 0 Å². The Bertz CT molecular complexity index is 492. The molecule has 0 spiro atoms. The summed E-state index contributed by atoms with van der Waals surface area (Å²) in [5.74, 6) is 0.919. The maximum absolute atomic E-state index is 4.52. The second-order valence-electron chi connectivity index (χ2n) is 6.29. The minimum absolute atomic E-state index is 0.919. The molecule has 0 aliphatic rings. The van der Waals surface area contributed by atoms with Crippen LogP contribution in [0.3, 0.4) is 0 Å². The van der Waals surface area contributed by atoms with Gasteiger partial charge in [0.15, 0.2) is 0 Å². The summed E-state index contributed by atoms with van der Waals surface area (Å²) in [6.07, 6.45) is 12.0. The lowest BCUT2D eigenvalue weighted by Crippen LogP contribution is -1.95. The zero-order chi connectivity index (χ0) is 16.3. The summed E-state index contributed by atoms with van der Waals surface area (Å²) in [5.41, 5.74) is 3.86. The van der Waals surface area contributed by atoms with Crippen LogP contribution < -0.4 is 5.32 Å². The molecule has 0 saturated heterocycles. The van der Waals surface area contributed by atoms with Crippen LogP contribution in [0, 0.1) is 0 Å². The van der Waals surface area contributed by atoms with Gasteiger partial charge in [0.2, 0.25) is 0 Å². The van der Waals surface area contributed by atoms with Crippen LogP contribution in [0.5, 0.6) is 0 Å². The number of nitrogens with zero attached hydrogens (tertiary/aromatic N) is 1. The molecule has 0 atom stereocenters. The van der Waals surface area contributed by atoms with Crippen molar-refractivity contribution < 1.29 is 0 Å². The summed E-state index contributed by atoms with van der Waals surface area (Å²) in [7, 11) is 0. The fourth-order valence-electron chi connectivity index (χ4n) is 2.71. The van der Waals surface area contributed by atoms with Gasteiger partial charge in [-0.15, -0.1) is 0 Å². The topological polar surface area (TPSA) is 24.9 Å². The van der Waals surface area contributed by atoms with Gasteiger partial charge in [-0.1, -0.05) is 57.7 Å². The summed E-state index contributed by atoms with van der Waals surface area (Å²) in [4.78, 5) is 4.52. The van der Waals surface area contributed by atoms with Crippen molar-refractivity contribution in [3.8, 4) is 0 Å². The van der Waals surface area contributed by atoms with Crippen molar-refractivity contribution >= 4 is 11.5 Å². The molecule has 2 heteroatoms. The Morgan fingerprint density at radius 2 is 1.35 bits per heavy atom. The van der Waals surface area contributed by atoms with Crippen molar-refractivity contribution in [1.82, 2.24) is 4.98 Å². The first-order chi connectivity index (χ1) is 11.3. The minimum atomic E-state index is 0.919. The zero-order valence-corrected chi connectivity index (χ0v) is 14.6. The lowest BCUT2D eigenvalue weighted by molar-refractivity contribution is 0.716. The molecule has 0 bridgehead atoms. The molecule has 0 radical (unpaired) electrons. The van der Waals surface area contributed by atoms with Gasteiger partial charge < -0.3 is 5.32 Å². The molecule has 0 aliphatic carbocycles. The van der Waals surface area contributed by atoms with E-state index in [0.717, 1.165) is 17.9 Å². The van der Waals surface area contributed by atoms with Gasteiger partial charge in [0.1, 0.15) is 5.82 Å². The Balaban J connectivity index is 1.84. The third-order valence-corrected chi connectivity index (χ3v) is 4.19. The van der Waals surface area contributed by atoms with Crippen LogP contribution in [0.4, 0.5) is 11.5 Å². The maximum Gasteiger partial charge on any atom is 0.130 e. The van der Waals surface area contributed by atoms with Crippen LogP contribution in [-0.2, 0) is 12.8 Å². The number of aryl methyl sites for hydroxylation is 2. The molecule has 2 nitrogen and oxygen atoms in total. The van der Waals surface area contributed by atoms with Crippen molar-refractivity contribution in [2.75, 3.05) is 5.32 Å². The van der Waals surface area contributed by atoms with E-state index in [4.69, 9.17) is 0 Å². The molecule has 0 saturated carbocycles. The Kier molecular flexibility index (Phi) is 7.65. The highest BCUT2D eigenvalue weighted by Crippen LogP contribution is 2.17. The standard InChI is InChI=1S/C21H30N2/c1-3-5-7-9-18-11-14-20(15-12-18)23-21-16-13-19(17-22-21)10-8-6-4-2/h11-17H,3-10H2,1-2H3,(H,22,23). The summed E-state index contributed by atoms with van der Waals surface area (Å²) in [6.45, 7) is 4.48. The Labute approximate surface area is 141 Å². The molecule has 0 unspecified atom stereocenters. The van der Waals surface area contributed by atoms with E-state index in [1.807, 2.05) is 6.20 Å². The second-order valence-corrected chi connectivity index (χ2v) is 6.29. The van der Waals surface area contributed by atoms with Gasteiger partial charge in [-0.3, -0.25) is 0 Å². The third-order valence-electron chi connectivity index (χ3n) is 4.19. The van der Waals surface area contributed by atoms with Crippen LogP contribution >= 0.6 is 0 Å². The molecule has 124 valence electrons. The highest BCUT2D eigenvalue weighted by Gasteiger charge is 1.99. The molecule has 1 N–H and O–H groups in total. The first kappa shape index (κ1) is 17.5. The van der Waals surface area contributed by atoms with Gasteiger partial charge in [-0.25, -0.2) is 4.98 Å². The van der Waals surface area contributed by atoms with Crippen molar-refractivity contribution in [2.24, 2.45) is 0 Å². The number of pyridine rings is 1. The highest BCUT2D eigenvalue weighted by molar-refractivity contribution is 5.56. The van der Waals surface area contributed by atoms with E-state index in [9.17, 15) is 0 Å². The van der Waals surface area contributed by atoms with E-state index in [1.54, 1.807) is 0 Å². The molecular weight excluding hydrogens is 280 g/mol. The van der Waals surface area contributed by atoms with Gasteiger partial charge in [-0.05, 0) is 55.0 Å². The Morgan fingerprint density at radius 1 is 0.739 bits per heavy atom. The van der Waals surface area contributed by atoms with Crippen molar-refractivity contribution in [3.63, 3.8) is 0 Å². The largest absolute Gasteiger partial charge is 0.340 e. The van der Waals surface area contributed by atoms with Gasteiger partial charge in [0.05, 0.1) is 0 Å². The first-order valence-corrected chi connectivity index (χ1v) is 9.12. The highest BCUT2D eigenvalue weighted by atomic mass is 15.0. The van der Waals surface area contributed by atoms with Crippen molar-refractivity contribution in [1.29, 1.82) is 0 Å². The first-order valence-electron chi connectivity index (χ1n) is 9.12. The molecule has 23 heavy (non-hydrogen) atoms. The van der Waals surface area contributed by atoms with Crippen molar-refractivity contribution in [3.05, 3.63) is 53.7 Å². The predicted octanol–water partition coefficient (Wildman–Crippen LogP) is 6.29. The number of aromatic nitrogens is 1. The maximum atomic E-state index is 4.52. The molecule has 1 aromatic carbocycles. The van der Waals surface area contributed by atoms with Crippen LogP contribution in [-0.4, -0.2) is 4.98 Å². The van der Waals surface area contributed by atoms with Crippen LogP contribution in [0.25, 0.3) is 0 Å². The molecule has 2 rings (SSSR count). The predicted molar refractivity (Wildman–Crippen MR) is 100 cm³/mol. The number of anilines is 2. The lowest BCUT2D eigenvalue weighted by atomic mass is 10.1. The molecule has 0 aliphatic heterocycles. The molecule has 1 aromatic heterocycles. The fourth-order valence-corrected chi connectivity index (χ4v) is 2.71. The number of rotatable bonds is 10. The van der Waals surface area contributed by atoms with Crippen LogP contribution in [0.2, 0.25) is 0 Å². The zero-order valence-electron chi connectivity index (χ0n) is 14.6. The second kappa shape index (κ2) is 10.0. The van der Waals surface area contributed by atoms with E-state index in [1.165, 1.54) is 56.1 Å². The minimum Gasteiger partial charge on any atom is -0.340 e. The monoisotopic (exact) mass is 310 g/mol. The van der Waals surface area contributed by atoms with E-state index in [0.29, 0.717) is 0 Å². The van der Waals surface area contributed by atoms with Gasteiger partial charge in [0, 0.05) is 11.9 Å².